The monoisotopic (exact) mass is 339 g/mol. The average molecular weight is 339 g/mol. The SMILES string of the molecule is CC1(c2cc(N)ccc2F)CS(=O)(=O)C2(CCCCC2)C(N)=N1. The van der Waals surface area contributed by atoms with Gasteiger partial charge in [0.2, 0.25) is 0 Å². The fourth-order valence-electron chi connectivity index (χ4n) is 3.85. The summed E-state index contributed by atoms with van der Waals surface area (Å²) in [5.74, 6) is -0.651. The molecule has 23 heavy (non-hydrogen) atoms. The summed E-state index contributed by atoms with van der Waals surface area (Å²) in [5, 5.41) is 0. The maximum atomic E-state index is 14.3. The summed E-state index contributed by atoms with van der Waals surface area (Å²) >= 11 is 0. The van der Waals surface area contributed by atoms with Crippen LogP contribution in [0.2, 0.25) is 0 Å². The molecule has 0 saturated heterocycles. The van der Waals surface area contributed by atoms with Crippen molar-refractivity contribution in [3.8, 4) is 0 Å². The molecule has 1 aliphatic heterocycles. The highest BCUT2D eigenvalue weighted by Gasteiger charge is 2.54. The molecule has 1 atom stereocenters. The Kier molecular flexibility index (Phi) is 3.66. The Bertz CT molecular complexity index is 770. The van der Waals surface area contributed by atoms with E-state index in [-0.39, 0.29) is 17.2 Å². The predicted octanol–water partition coefficient (Wildman–Crippen LogP) is 2.11. The molecule has 1 aliphatic carbocycles. The number of halogens is 1. The summed E-state index contributed by atoms with van der Waals surface area (Å²) in [6.07, 6.45) is 3.64. The second kappa shape index (κ2) is 5.19. The van der Waals surface area contributed by atoms with E-state index in [4.69, 9.17) is 11.5 Å². The van der Waals surface area contributed by atoms with Crippen LogP contribution in [-0.2, 0) is 15.4 Å². The Morgan fingerprint density at radius 3 is 2.43 bits per heavy atom. The molecule has 7 heteroatoms. The first kappa shape index (κ1) is 16.2. The molecule has 1 fully saturated rings. The Labute approximate surface area is 135 Å². The lowest BCUT2D eigenvalue weighted by Gasteiger charge is -2.43. The van der Waals surface area contributed by atoms with Gasteiger partial charge in [0.1, 0.15) is 21.9 Å². The molecule has 1 aromatic carbocycles. The minimum Gasteiger partial charge on any atom is -0.399 e. The van der Waals surface area contributed by atoms with Crippen LogP contribution in [0.25, 0.3) is 0 Å². The Hall–Kier alpha value is -1.63. The zero-order valence-electron chi connectivity index (χ0n) is 13.2. The lowest BCUT2D eigenvalue weighted by atomic mass is 9.86. The lowest BCUT2D eigenvalue weighted by Crippen LogP contribution is -2.59. The molecule has 1 unspecified atom stereocenters. The van der Waals surface area contributed by atoms with Gasteiger partial charge >= 0.3 is 0 Å². The number of hydrogen-bond acceptors (Lipinski definition) is 5. The standard InChI is InChI=1S/C16H22FN3O2S/c1-15(12-9-11(18)5-6-13(12)17)10-23(21,22)16(14(19)20-15)7-3-2-4-8-16/h5-6,9H,2-4,7-8,10,18H2,1H3,(H2,19,20). The molecular weight excluding hydrogens is 317 g/mol. The number of rotatable bonds is 1. The number of anilines is 1. The molecule has 1 saturated carbocycles. The second-order valence-electron chi connectivity index (χ2n) is 6.82. The number of nitrogens with two attached hydrogens (primary N) is 2. The van der Waals surface area contributed by atoms with Crippen molar-refractivity contribution < 1.29 is 12.8 Å². The van der Waals surface area contributed by atoms with E-state index in [2.05, 4.69) is 4.99 Å². The summed E-state index contributed by atoms with van der Waals surface area (Å²) in [6, 6.07) is 4.12. The summed E-state index contributed by atoms with van der Waals surface area (Å²) in [5.41, 5.74) is 11.2. The number of aliphatic imine (C=N–C) groups is 1. The van der Waals surface area contributed by atoms with E-state index in [9.17, 15) is 12.8 Å². The number of nitrogen functional groups attached to an aromatic ring is 1. The molecule has 3 rings (SSSR count). The minimum atomic E-state index is -3.54. The normalized spacial score (nSPS) is 29.2. The van der Waals surface area contributed by atoms with E-state index < -0.39 is 25.9 Å². The van der Waals surface area contributed by atoms with Crippen molar-refractivity contribution in [2.45, 2.75) is 49.3 Å². The number of hydrogen-bond donors (Lipinski definition) is 2. The highest BCUT2D eigenvalue weighted by Crippen LogP contribution is 2.44. The van der Waals surface area contributed by atoms with E-state index in [1.165, 1.54) is 18.2 Å². The van der Waals surface area contributed by atoms with Crippen molar-refractivity contribution in [1.29, 1.82) is 0 Å². The molecule has 2 aliphatic rings. The number of benzene rings is 1. The van der Waals surface area contributed by atoms with Gasteiger partial charge in [-0.2, -0.15) is 0 Å². The number of amidine groups is 1. The van der Waals surface area contributed by atoms with E-state index in [0.29, 0.717) is 18.5 Å². The van der Waals surface area contributed by atoms with E-state index >= 15 is 0 Å². The maximum Gasteiger partial charge on any atom is 0.165 e. The minimum absolute atomic E-state index is 0.118. The molecular formula is C16H22FN3O2S. The van der Waals surface area contributed by atoms with Crippen molar-refractivity contribution >= 4 is 21.4 Å². The molecule has 1 aromatic rings. The third-order valence-corrected chi connectivity index (χ3v) is 7.88. The highest BCUT2D eigenvalue weighted by molar-refractivity contribution is 7.93. The second-order valence-corrected chi connectivity index (χ2v) is 9.12. The topological polar surface area (TPSA) is 98.5 Å². The molecule has 0 aromatic heterocycles. The third kappa shape index (κ3) is 2.41. The number of sulfone groups is 1. The quantitative estimate of drug-likeness (QED) is 0.766. The smallest absolute Gasteiger partial charge is 0.165 e. The summed E-state index contributed by atoms with van der Waals surface area (Å²) in [4.78, 5) is 4.48. The van der Waals surface area contributed by atoms with Gasteiger partial charge in [-0.3, -0.25) is 4.99 Å². The molecule has 0 bridgehead atoms. The molecule has 5 nitrogen and oxygen atoms in total. The van der Waals surface area contributed by atoms with Gasteiger partial charge in [0.15, 0.2) is 9.84 Å². The van der Waals surface area contributed by atoms with Crippen LogP contribution in [0.5, 0.6) is 0 Å². The van der Waals surface area contributed by atoms with Gasteiger partial charge in [-0.1, -0.05) is 19.3 Å². The van der Waals surface area contributed by atoms with Gasteiger partial charge in [-0.25, -0.2) is 12.8 Å². The average Bonchev–Trinajstić information content (AvgIpc) is 2.48. The molecule has 1 spiro atoms. The summed E-state index contributed by atoms with van der Waals surface area (Å²) in [7, 11) is -3.54. The molecule has 4 N–H and O–H groups in total. The van der Waals surface area contributed by atoms with Crippen LogP contribution in [0.1, 0.15) is 44.6 Å². The molecule has 1 heterocycles. The molecule has 0 amide bonds. The van der Waals surface area contributed by atoms with Crippen LogP contribution < -0.4 is 11.5 Å². The Morgan fingerprint density at radius 2 is 1.83 bits per heavy atom. The van der Waals surface area contributed by atoms with E-state index in [1.54, 1.807) is 6.92 Å². The van der Waals surface area contributed by atoms with Gasteiger partial charge in [0.05, 0.1) is 5.75 Å². The van der Waals surface area contributed by atoms with Crippen LogP contribution >= 0.6 is 0 Å². The van der Waals surface area contributed by atoms with E-state index in [0.717, 1.165) is 19.3 Å². The van der Waals surface area contributed by atoms with Gasteiger partial charge in [0, 0.05) is 11.3 Å². The van der Waals surface area contributed by atoms with Crippen molar-refractivity contribution in [1.82, 2.24) is 0 Å². The zero-order valence-corrected chi connectivity index (χ0v) is 14.0. The first-order valence-corrected chi connectivity index (χ1v) is 9.49. The van der Waals surface area contributed by atoms with Crippen molar-refractivity contribution in [2.75, 3.05) is 11.5 Å². The Morgan fingerprint density at radius 1 is 1.17 bits per heavy atom. The fourth-order valence-corrected chi connectivity index (χ4v) is 6.36. The van der Waals surface area contributed by atoms with Gasteiger partial charge in [-0.15, -0.1) is 0 Å². The van der Waals surface area contributed by atoms with Gasteiger partial charge < -0.3 is 11.5 Å². The van der Waals surface area contributed by atoms with Gasteiger partial charge in [0.25, 0.3) is 0 Å². The predicted molar refractivity (Wildman–Crippen MR) is 89.4 cm³/mol. The summed E-state index contributed by atoms with van der Waals surface area (Å²) < 4.78 is 39.3. The lowest BCUT2D eigenvalue weighted by molar-refractivity contribution is 0.409. The molecule has 0 radical (unpaired) electrons. The first-order chi connectivity index (χ1) is 10.7. The van der Waals surface area contributed by atoms with E-state index in [1.807, 2.05) is 0 Å². The van der Waals surface area contributed by atoms with Crippen molar-refractivity contribution in [2.24, 2.45) is 10.7 Å². The zero-order chi connectivity index (χ0) is 16.9. The van der Waals surface area contributed by atoms with Crippen molar-refractivity contribution in [3.63, 3.8) is 0 Å². The fraction of sp³-hybridized carbons (Fsp3) is 0.562. The highest BCUT2D eigenvalue weighted by atomic mass is 32.2. The van der Waals surface area contributed by atoms with Crippen molar-refractivity contribution in [3.05, 3.63) is 29.6 Å². The maximum absolute atomic E-state index is 14.3. The van der Waals surface area contributed by atoms with Crippen LogP contribution in [0, 0.1) is 5.82 Å². The third-order valence-electron chi connectivity index (χ3n) is 5.13. The number of nitrogens with zero attached hydrogens (tertiary/aromatic N) is 1. The summed E-state index contributed by atoms with van der Waals surface area (Å²) in [6.45, 7) is 1.60. The van der Waals surface area contributed by atoms with Crippen LogP contribution in [0.4, 0.5) is 10.1 Å². The van der Waals surface area contributed by atoms with Gasteiger partial charge in [-0.05, 0) is 38.0 Å². The Balaban J connectivity index is 2.15. The largest absolute Gasteiger partial charge is 0.399 e. The van der Waals surface area contributed by atoms with Crippen LogP contribution in [0.15, 0.2) is 23.2 Å². The van der Waals surface area contributed by atoms with Crippen LogP contribution in [0.3, 0.4) is 0 Å². The van der Waals surface area contributed by atoms with Crippen LogP contribution in [-0.4, -0.2) is 24.8 Å². The first-order valence-electron chi connectivity index (χ1n) is 7.84. The molecule has 126 valence electrons.